The Morgan fingerprint density at radius 2 is 2.25 bits per heavy atom. The third kappa shape index (κ3) is 2.48. The Labute approximate surface area is 93.7 Å². The molecule has 0 aliphatic heterocycles. The molecule has 0 aliphatic rings. The van der Waals surface area contributed by atoms with Crippen LogP contribution in [-0.4, -0.2) is 22.1 Å². The van der Waals surface area contributed by atoms with Gasteiger partial charge in [0, 0.05) is 5.69 Å². The summed E-state index contributed by atoms with van der Waals surface area (Å²) in [5, 5.41) is 20.4. The van der Waals surface area contributed by atoms with Gasteiger partial charge >= 0.3 is 5.97 Å². The van der Waals surface area contributed by atoms with E-state index in [-0.39, 0.29) is 0 Å². The lowest BCUT2D eigenvalue weighted by Crippen LogP contribution is -2.26. The highest BCUT2D eigenvalue weighted by atomic mass is 16.4. The van der Waals surface area contributed by atoms with Crippen molar-refractivity contribution in [2.24, 2.45) is 0 Å². The van der Waals surface area contributed by atoms with Gasteiger partial charge in [-0.05, 0) is 32.4 Å². The Morgan fingerprint density at radius 1 is 1.62 bits per heavy atom. The molecule has 5 heteroatoms. The molecule has 1 atom stereocenters. The zero-order valence-corrected chi connectivity index (χ0v) is 9.40. The van der Waals surface area contributed by atoms with E-state index >= 15 is 0 Å². The van der Waals surface area contributed by atoms with Gasteiger partial charge in [0.25, 0.3) is 0 Å². The number of carboxylic acid groups (broad SMARTS) is 1. The first-order chi connectivity index (χ1) is 7.45. The fraction of sp³-hybridized carbons (Fsp3) is 0.364. The molecule has 0 saturated heterocycles. The van der Waals surface area contributed by atoms with Crippen LogP contribution in [0.3, 0.4) is 0 Å². The molecule has 0 fully saturated rings. The summed E-state index contributed by atoms with van der Waals surface area (Å²) < 4.78 is 0. The van der Waals surface area contributed by atoms with Gasteiger partial charge in [0.15, 0.2) is 0 Å². The summed E-state index contributed by atoms with van der Waals surface area (Å²) >= 11 is 0. The summed E-state index contributed by atoms with van der Waals surface area (Å²) in [7, 11) is 0. The largest absolute Gasteiger partial charge is 0.480 e. The quantitative estimate of drug-likeness (QED) is 0.803. The van der Waals surface area contributed by atoms with Crippen LogP contribution >= 0.6 is 0 Å². The molecule has 0 radical (unpaired) electrons. The number of hydrogen-bond donors (Lipinski definition) is 2. The number of nitriles is 1. The average molecular weight is 219 g/mol. The maximum atomic E-state index is 10.7. The van der Waals surface area contributed by atoms with Gasteiger partial charge in [0.1, 0.15) is 17.9 Å². The molecular formula is C11H13N3O2. The van der Waals surface area contributed by atoms with Gasteiger partial charge in [-0.15, -0.1) is 0 Å². The van der Waals surface area contributed by atoms with E-state index in [1.165, 1.54) is 6.92 Å². The molecule has 84 valence electrons. The summed E-state index contributed by atoms with van der Waals surface area (Å²) in [4.78, 5) is 14.8. The first kappa shape index (κ1) is 12.0. The van der Waals surface area contributed by atoms with E-state index in [2.05, 4.69) is 10.3 Å². The predicted octanol–water partition coefficient (Wildman–Crippen LogP) is 1.46. The van der Waals surface area contributed by atoms with E-state index in [4.69, 9.17) is 10.4 Å². The SMILES string of the molecule is Cc1cc(C)c(C#N)c(NC(C)C(=O)O)n1. The molecule has 5 nitrogen and oxygen atoms in total. The lowest BCUT2D eigenvalue weighted by Gasteiger charge is -2.13. The topological polar surface area (TPSA) is 86.0 Å². The van der Waals surface area contributed by atoms with Crippen LogP contribution in [0.15, 0.2) is 6.07 Å². The molecule has 0 amide bonds. The van der Waals surface area contributed by atoms with Crippen LogP contribution in [0.5, 0.6) is 0 Å². The zero-order valence-electron chi connectivity index (χ0n) is 9.40. The molecule has 0 spiro atoms. The number of carbonyl (C=O) groups is 1. The van der Waals surface area contributed by atoms with E-state index in [9.17, 15) is 4.79 Å². The third-order valence-electron chi connectivity index (χ3n) is 2.18. The lowest BCUT2D eigenvalue weighted by atomic mass is 10.1. The highest BCUT2D eigenvalue weighted by molar-refractivity contribution is 5.77. The second-order valence-corrected chi connectivity index (χ2v) is 3.62. The van der Waals surface area contributed by atoms with Gasteiger partial charge < -0.3 is 10.4 Å². The second-order valence-electron chi connectivity index (χ2n) is 3.62. The van der Waals surface area contributed by atoms with Gasteiger partial charge in [-0.1, -0.05) is 0 Å². The molecule has 0 bridgehead atoms. The van der Waals surface area contributed by atoms with Crippen LogP contribution < -0.4 is 5.32 Å². The maximum Gasteiger partial charge on any atom is 0.325 e. The molecule has 1 heterocycles. The minimum absolute atomic E-state index is 0.329. The van der Waals surface area contributed by atoms with Crippen molar-refractivity contribution in [1.82, 2.24) is 4.98 Å². The fourth-order valence-corrected chi connectivity index (χ4v) is 1.35. The second kappa shape index (κ2) is 4.62. The van der Waals surface area contributed by atoms with E-state index < -0.39 is 12.0 Å². The fourth-order valence-electron chi connectivity index (χ4n) is 1.35. The number of nitrogens with zero attached hydrogens (tertiary/aromatic N) is 2. The highest BCUT2D eigenvalue weighted by Crippen LogP contribution is 2.18. The lowest BCUT2D eigenvalue weighted by molar-refractivity contribution is -0.137. The first-order valence-electron chi connectivity index (χ1n) is 4.83. The van der Waals surface area contributed by atoms with Crippen molar-refractivity contribution in [3.8, 4) is 6.07 Å². The number of anilines is 1. The normalized spacial score (nSPS) is 11.6. The van der Waals surface area contributed by atoms with Gasteiger partial charge in [-0.3, -0.25) is 4.79 Å². The van der Waals surface area contributed by atoms with E-state index in [0.717, 1.165) is 11.3 Å². The van der Waals surface area contributed by atoms with Crippen molar-refractivity contribution in [2.75, 3.05) is 5.32 Å². The summed E-state index contributed by atoms with van der Waals surface area (Å²) in [5.74, 6) is -0.653. The minimum atomic E-state index is -0.982. The van der Waals surface area contributed by atoms with Crippen LogP contribution in [0.2, 0.25) is 0 Å². The third-order valence-corrected chi connectivity index (χ3v) is 2.18. The first-order valence-corrected chi connectivity index (χ1v) is 4.83. The number of carboxylic acids is 1. The maximum absolute atomic E-state index is 10.7. The number of aryl methyl sites for hydroxylation is 2. The molecule has 1 aromatic heterocycles. The van der Waals surface area contributed by atoms with Crippen LogP contribution in [-0.2, 0) is 4.79 Å². The van der Waals surface area contributed by atoms with Crippen LogP contribution in [0.1, 0.15) is 23.7 Å². The van der Waals surface area contributed by atoms with Crippen molar-refractivity contribution >= 4 is 11.8 Å². The van der Waals surface area contributed by atoms with Gasteiger partial charge in [-0.25, -0.2) is 4.98 Å². The van der Waals surface area contributed by atoms with Gasteiger partial charge in [-0.2, -0.15) is 5.26 Å². The number of nitrogens with one attached hydrogen (secondary N) is 1. The molecule has 1 unspecified atom stereocenters. The molecule has 1 aromatic rings. The predicted molar refractivity (Wildman–Crippen MR) is 59.1 cm³/mol. The monoisotopic (exact) mass is 219 g/mol. The standard InChI is InChI=1S/C11H13N3O2/c1-6-4-7(2)13-10(9(6)5-12)14-8(3)11(15)16/h4,8H,1-3H3,(H,13,14)(H,15,16). The summed E-state index contributed by atoms with van der Waals surface area (Å²) in [6.07, 6.45) is 0. The number of pyridine rings is 1. The van der Waals surface area contributed by atoms with Crippen LogP contribution in [0.25, 0.3) is 0 Å². The van der Waals surface area contributed by atoms with E-state index in [0.29, 0.717) is 11.4 Å². The van der Waals surface area contributed by atoms with E-state index in [1.807, 2.05) is 6.07 Å². The number of hydrogen-bond acceptors (Lipinski definition) is 4. The van der Waals surface area contributed by atoms with Gasteiger partial charge in [0.2, 0.25) is 0 Å². The molecule has 16 heavy (non-hydrogen) atoms. The molecule has 2 N–H and O–H groups in total. The van der Waals surface area contributed by atoms with Crippen molar-refractivity contribution in [1.29, 1.82) is 5.26 Å². The Morgan fingerprint density at radius 3 is 2.75 bits per heavy atom. The molecule has 0 aliphatic carbocycles. The Bertz CT molecular complexity index is 463. The summed E-state index contributed by atoms with van der Waals surface area (Å²) in [6.45, 7) is 5.09. The van der Waals surface area contributed by atoms with Crippen molar-refractivity contribution < 1.29 is 9.90 Å². The number of aromatic nitrogens is 1. The van der Waals surface area contributed by atoms with Crippen molar-refractivity contribution in [3.05, 3.63) is 22.9 Å². The Balaban J connectivity index is 3.13. The van der Waals surface area contributed by atoms with Crippen LogP contribution in [0.4, 0.5) is 5.82 Å². The number of rotatable bonds is 3. The Hall–Kier alpha value is -2.09. The molecule has 1 rings (SSSR count). The molecular weight excluding hydrogens is 206 g/mol. The van der Waals surface area contributed by atoms with Crippen LogP contribution in [0, 0.1) is 25.2 Å². The van der Waals surface area contributed by atoms with E-state index in [1.54, 1.807) is 19.9 Å². The van der Waals surface area contributed by atoms with Gasteiger partial charge in [0.05, 0.1) is 5.56 Å². The van der Waals surface area contributed by atoms with Crippen molar-refractivity contribution in [3.63, 3.8) is 0 Å². The molecule has 0 saturated carbocycles. The minimum Gasteiger partial charge on any atom is -0.480 e. The summed E-state index contributed by atoms with van der Waals surface area (Å²) in [6, 6.07) is 3.03. The zero-order chi connectivity index (χ0) is 12.3. The smallest absolute Gasteiger partial charge is 0.325 e. The number of aliphatic carboxylic acids is 1. The summed E-state index contributed by atoms with van der Waals surface area (Å²) in [5.41, 5.74) is 1.92. The van der Waals surface area contributed by atoms with Crippen molar-refractivity contribution in [2.45, 2.75) is 26.8 Å². The Kier molecular flexibility index (Phi) is 3.46. The highest BCUT2D eigenvalue weighted by Gasteiger charge is 2.15. The average Bonchev–Trinajstić information content (AvgIpc) is 2.16. The molecule has 0 aromatic carbocycles.